The zero-order valence-electron chi connectivity index (χ0n) is 11.1. The van der Waals surface area contributed by atoms with Gasteiger partial charge in [0.2, 0.25) is 0 Å². The van der Waals surface area contributed by atoms with Gasteiger partial charge in [0.05, 0.1) is 6.61 Å². The van der Waals surface area contributed by atoms with E-state index in [4.69, 9.17) is 9.47 Å². The van der Waals surface area contributed by atoms with Gasteiger partial charge in [0, 0.05) is 0 Å². The molecule has 0 fully saturated rings. The van der Waals surface area contributed by atoms with Gasteiger partial charge in [0.1, 0.15) is 17.6 Å². The second-order valence-electron chi connectivity index (χ2n) is 4.81. The van der Waals surface area contributed by atoms with Crippen molar-refractivity contribution in [3.8, 4) is 5.75 Å². The Morgan fingerprint density at radius 3 is 2.84 bits per heavy atom. The van der Waals surface area contributed by atoms with Gasteiger partial charge in [-0.25, -0.2) is 0 Å². The van der Waals surface area contributed by atoms with Crippen LogP contribution in [0.4, 0.5) is 0 Å². The molecule has 19 heavy (non-hydrogen) atoms. The van der Waals surface area contributed by atoms with Crippen molar-refractivity contribution in [3.63, 3.8) is 0 Å². The van der Waals surface area contributed by atoms with E-state index in [1.54, 1.807) is 0 Å². The summed E-state index contributed by atoms with van der Waals surface area (Å²) < 4.78 is 11.5. The molecule has 0 aromatic heterocycles. The lowest BCUT2D eigenvalue weighted by Crippen LogP contribution is -1.97. The second kappa shape index (κ2) is 5.35. The van der Waals surface area contributed by atoms with Crippen molar-refractivity contribution >= 4 is 0 Å². The van der Waals surface area contributed by atoms with Gasteiger partial charge in [0.25, 0.3) is 0 Å². The molecule has 2 heteroatoms. The SMILES string of the molecule is CCCOc1ccc(C2C=C3CC=CC=C3O2)cc1. The van der Waals surface area contributed by atoms with Gasteiger partial charge in [-0.3, -0.25) is 0 Å². The molecule has 0 spiro atoms. The second-order valence-corrected chi connectivity index (χ2v) is 4.81. The average Bonchev–Trinajstić information content (AvgIpc) is 2.89. The first-order valence-corrected chi connectivity index (χ1v) is 6.84. The van der Waals surface area contributed by atoms with Gasteiger partial charge in [-0.1, -0.05) is 31.2 Å². The van der Waals surface area contributed by atoms with Gasteiger partial charge < -0.3 is 9.47 Å². The standard InChI is InChI=1S/C17H18O2/c1-2-11-18-15-9-7-13(8-10-15)17-12-14-5-3-4-6-16(14)19-17/h3-4,6-10,12,17H,2,5,11H2,1H3. The van der Waals surface area contributed by atoms with E-state index in [1.165, 1.54) is 11.1 Å². The van der Waals surface area contributed by atoms with E-state index >= 15 is 0 Å². The molecule has 0 radical (unpaired) electrons. The molecule has 1 atom stereocenters. The third kappa shape index (κ3) is 2.58. The third-order valence-corrected chi connectivity index (χ3v) is 3.33. The van der Waals surface area contributed by atoms with Gasteiger partial charge in [-0.05, 0) is 48.3 Å². The highest BCUT2D eigenvalue weighted by atomic mass is 16.5. The lowest BCUT2D eigenvalue weighted by molar-refractivity contribution is 0.182. The van der Waals surface area contributed by atoms with Crippen molar-refractivity contribution in [2.45, 2.75) is 25.9 Å². The smallest absolute Gasteiger partial charge is 0.143 e. The molecule has 0 saturated carbocycles. The lowest BCUT2D eigenvalue weighted by atomic mass is 10.0. The van der Waals surface area contributed by atoms with E-state index in [2.05, 4.69) is 37.3 Å². The minimum atomic E-state index is 0.0429. The lowest BCUT2D eigenvalue weighted by Gasteiger charge is -2.12. The van der Waals surface area contributed by atoms with E-state index in [0.717, 1.165) is 31.0 Å². The van der Waals surface area contributed by atoms with Crippen LogP contribution in [0.2, 0.25) is 0 Å². The third-order valence-electron chi connectivity index (χ3n) is 3.33. The van der Waals surface area contributed by atoms with Gasteiger partial charge in [-0.15, -0.1) is 0 Å². The molecule has 0 amide bonds. The van der Waals surface area contributed by atoms with Crippen molar-refractivity contribution in [2.75, 3.05) is 6.61 Å². The molecular weight excluding hydrogens is 236 g/mol. The van der Waals surface area contributed by atoms with Gasteiger partial charge in [-0.2, -0.15) is 0 Å². The van der Waals surface area contributed by atoms with Crippen LogP contribution in [0.3, 0.4) is 0 Å². The molecule has 0 saturated heterocycles. The Labute approximate surface area is 114 Å². The number of fused-ring (bicyclic) bond motifs is 1. The number of rotatable bonds is 4. The monoisotopic (exact) mass is 254 g/mol. The molecule has 2 nitrogen and oxygen atoms in total. The van der Waals surface area contributed by atoms with E-state index < -0.39 is 0 Å². The molecular formula is C17H18O2. The fraction of sp³-hybridized carbons (Fsp3) is 0.294. The summed E-state index contributed by atoms with van der Waals surface area (Å²) in [6.45, 7) is 2.87. The van der Waals surface area contributed by atoms with Crippen LogP contribution in [0.15, 0.2) is 59.9 Å². The minimum Gasteiger partial charge on any atom is -0.494 e. The Kier molecular flexibility index (Phi) is 3.41. The predicted molar refractivity (Wildman–Crippen MR) is 76.0 cm³/mol. The first-order valence-electron chi connectivity index (χ1n) is 6.84. The summed E-state index contributed by atoms with van der Waals surface area (Å²) in [7, 11) is 0. The summed E-state index contributed by atoms with van der Waals surface area (Å²) in [6, 6.07) is 8.19. The van der Waals surface area contributed by atoms with Crippen LogP contribution in [0, 0.1) is 0 Å². The largest absolute Gasteiger partial charge is 0.494 e. The average molecular weight is 254 g/mol. The molecule has 3 rings (SSSR count). The van der Waals surface area contributed by atoms with E-state index in [0.29, 0.717) is 0 Å². The summed E-state index contributed by atoms with van der Waals surface area (Å²) in [5.41, 5.74) is 2.46. The Morgan fingerprint density at radius 1 is 1.26 bits per heavy atom. The first-order chi connectivity index (χ1) is 9.36. The number of ether oxygens (including phenoxy) is 2. The zero-order valence-corrected chi connectivity index (χ0v) is 11.1. The molecule has 1 aromatic carbocycles. The quantitative estimate of drug-likeness (QED) is 0.796. The first kappa shape index (κ1) is 12.1. The van der Waals surface area contributed by atoms with E-state index in [-0.39, 0.29) is 6.10 Å². The number of allylic oxidation sites excluding steroid dienone is 4. The highest BCUT2D eigenvalue weighted by Crippen LogP contribution is 2.37. The molecule has 1 aliphatic carbocycles. The summed E-state index contributed by atoms with van der Waals surface area (Å²) >= 11 is 0. The van der Waals surface area contributed by atoms with E-state index in [9.17, 15) is 0 Å². The Balaban J connectivity index is 1.72. The van der Waals surface area contributed by atoms with Gasteiger partial charge in [0.15, 0.2) is 0 Å². The molecule has 0 N–H and O–H groups in total. The maximum Gasteiger partial charge on any atom is 0.143 e. The molecule has 1 unspecified atom stereocenters. The molecule has 98 valence electrons. The fourth-order valence-corrected chi connectivity index (χ4v) is 2.31. The van der Waals surface area contributed by atoms with Crippen LogP contribution >= 0.6 is 0 Å². The van der Waals surface area contributed by atoms with Crippen molar-refractivity contribution < 1.29 is 9.47 Å². The number of hydrogen-bond acceptors (Lipinski definition) is 2. The Bertz CT molecular complexity index is 535. The summed E-state index contributed by atoms with van der Waals surface area (Å²) in [5, 5.41) is 0. The predicted octanol–water partition coefficient (Wildman–Crippen LogP) is 4.32. The summed E-state index contributed by atoms with van der Waals surface area (Å²) in [5.74, 6) is 1.94. The maximum atomic E-state index is 5.95. The van der Waals surface area contributed by atoms with Crippen LogP contribution in [-0.2, 0) is 4.74 Å². The van der Waals surface area contributed by atoms with Crippen molar-refractivity contribution in [2.24, 2.45) is 0 Å². The van der Waals surface area contributed by atoms with Crippen molar-refractivity contribution in [1.82, 2.24) is 0 Å². The van der Waals surface area contributed by atoms with E-state index in [1.807, 2.05) is 18.2 Å². The minimum absolute atomic E-state index is 0.0429. The highest BCUT2D eigenvalue weighted by molar-refractivity contribution is 5.42. The Hall–Kier alpha value is -1.96. The summed E-state index contributed by atoms with van der Waals surface area (Å²) in [6.07, 6.45) is 10.5. The summed E-state index contributed by atoms with van der Waals surface area (Å²) in [4.78, 5) is 0. The maximum absolute atomic E-state index is 5.95. The number of benzene rings is 1. The van der Waals surface area contributed by atoms with Gasteiger partial charge >= 0.3 is 0 Å². The van der Waals surface area contributed by atoms with Crippen LogP contribution in [0.5, 0.6) is 5.75 Å². The molecule has 1 heterocycles. The van der Waals surface area contributed by atoms with Crippen molar-refractivity contribution in [3.05, 3.63) is 65.5 Å². The fourth-order valence-electron chi connectivity index (χ4n) is 2.31. The molecule has 1 aromatic rings. The Morgan fingerprint density at radius 2 is 2.11 bits per heavy atom. The number of hydrogen-bond donors (Lipinski definition) is 0. The van der Waals surface area contributed by atoms with Crippen molar-refractivity contribution in [1.29, 1.82) is 0 Å². The molecule has 0 bridgehead atoms. The zero-order chi connectivity index (χ0) is 13.1. The molecule has 2 aliphatic rings. The van der Waals surface area contributed by atoms with Crippen LogP contribution in [0.25, 0.3) is 0 Å². The highest BCUT2D eigenvalue weighted by Gasteiger charge is 2.23. The van der Waals surface area contributed by atoms with Crippen LogP contribution < -0.4 is 4.74 Å². The molecule has 1 aliphatic heterocycles. The van der Waals surface area contributed by atoms with Crippen LogP contribution in [0.1, 0.15) is 31.4 Å². The normalized spacial score (nSPS) is 20.4. The van der Waals surface area contributed by atoms with Crippen LogP contribution in [-0.4, -0.2) is 6.61 Å². The topological polar surface area (TPSA) is 18.5 Å².